The largest absolute Gasteiger partial charge is 0.454 e. The summed E-state index contributed by atoms with van der Waals surface area (Å²) in [5.41, 5.74) is 3.70. The second kappa shape index (κ2) is 18.2. The minimum atomic E-state index is -1.23. The standard InChI is InChI=1S/C39H44O8S/c1-28(2)48(41)35-22-14-13-21-33(35)26-45-39-38(46-29(3)40)37(44-25-32-19-11-6-12-20-32)36(43-24-31-17-9-5-10-18-31)34(47-39)27-42-23-30-15-7-4-8-16-30/h4-22,28,34,36-39H,23-27H2,1-3H3/t34?,36-,37+,38?,39-,48?/m1/s1. The third-order valence-corrected chi connectivity index (χ3v) is 9.57. The molecule has 0 spiro atoms. The highest BCUT2D eigenvalue weighted by atomic mass is 32.2. The average molecular weight is 673 g/mol. The SMILES string of the molecule is CC(=O)OC1[C@H](OCc2ccccc2S(=O)C(C)C)OC(COCc2ccccc2)[C@@H](OCc2ccccc2)[C@@H]1OCc1ccccc1. The third kappa shape index (κ3) is 10.2. The van der Waals surface area contributed by atoms with Crippen LogP contribution in [0.5, 0.6) is 0 Å². The average Bonchev–Trinajstić information content (AvgIpc) is 3.11. The van der Waals surface area contributed by atoms with Crippen molar-refractivity contribution in [1.29, 1.82) is 0 Å². The molecular formula is C39H44O8S. The Morgan fingerprint density at radius 3 is 1.75 bits per heavy atom. The Kier molecular flexibility index (Phi) is 13.5. The van der Waals surface area contributed by atoms with Crippen molar-refractivity contribution in [3.8, 4) is 0 Å². The number of carbonyl (C=O) groups is 1. The zero-order valence-electron chi connectivity index (χ0n) is 27.6. The molecule has 4 aromatic rings. The van der Waals surface area contributed by atoms with Crippen molar-refractivity contribution in [3.05, 3.63) is 138 Å². The summed E-state index contributed by atoms with van der Waals surface area (Å²) in [6, 6.07) is 37.0. The Hall–Kier alpha value is -3.70. The summed E-state index contributed by atoms with van der Waals surface area (Å²) in [4.78, 5) is 13.3. The van der Waals surface area contributed by atoms with Gasteiger partial charge in [0.15, 0.2) is 12.4 Å². The number of hydrogen-bond donors (Lipinski definition) is 0. The van der Waals surface area contributed by atoms with Crippen LogP contribution in [0.2, 0.25) is 0 Å². The van der Waals surface area contributed by atoms with Crippen molar-refractivity contribution >= 4 is 16.8 Å². The van der Waals surface area contributed by atoms with E-state index in [0.717, 1.165) is 22.3 Å². The molecule has 3 unspecified atom stereocenters. The number of ether oxygens (including phenoxy) is 6. The van der Waals surface area contributed by atoms with Crippen molar-refractivity contribution in [1.82, 2.24) is 0 Å². The van der Waals surface area contributed by atoms with Crippen LogP contribution in [0.3, 0.4) is 0 Å². The van der Waals surface area contributed by atoms with Gasteiger partial charge in [0.1, 0.15) is 18.3 Å². The molecule has 0 radical (unpaired) electrons. The molecule has 254 valence electrons. The molecule has 9 heteroatoms. The van der Waals surface area contributed by atoms with Crippen molar-refractivity contribution < 1.29 is 37.4 Å². The molecule has 0 N–H and O–H groups in total. The lowest BCUT2D eigenvalue weighted by Crippen LogP contribution is -2.62. The van der Waals surface area contributed by atoms with E-state index in [2.05, 4.69) is 0 Å². The molecule has 48 heavy (non-hydrogen) atoms. The van der Waals surface area contributed by atoms with Crippen LogP contribution in [-0.4, -0.2) is 52.7 Å². The maximum absolute atomic E-state index is 13.1. The fourth-order valence-electron chi connectivity index (χ4n) is 5.50. The van der Waals surface area contributed by atoms with Crippen molar-refractivity contribution in [2.24, 2.45) is 0 Å². The summed E-state index contributed by atoms with van der Waals surface area (Å²) in [5.74, 6) is -0.507. The van der Waals surface area contributed by atoms with Crippen molar-refractivity contribution in [2.45, 2.75) is 88.1 Å². The maximum Gasteiger partial charge on any atom is 0.303 e. The van der Waals surface area contributed by atoms with Crippen LogP contribution >= 0.6 is 0 Å². The van der Waals surface area contributed by atoms with Gasteiger partial charge in [0.25, 0.3) is 0 Å². The van der Waals surface area contributed by atoms with E-state index >= 15 is 0 Å². The van der Waals surface area contributed by atoms with E-state index in [1.165, 1.54) is 6.92 Å². The van der Waals surface area contributed by atoms with Gasteiger partial charge in [-0.15, -0.1) is 0 Å². The Balaban J connectivity index is 1.45. The zero-order valence-corrected chi connectivity index (χ0v) is 28.5. The minimum Gasteiger partial charge on any atom is -0.454 e. The van der Waals surface area contributed by atoms with Crippen LogP contribution in [0.1, 0.15) is 43.0 Å². The molecule has 1 heterocycles. The van der Waals surface area contributed by atoms with Crippen LogP contribution in [0.25, 0.3) is 0 Å². The molecule has 1 aliphatic heterocycles. The Morgan fingerprint density at radius 2 is 1.19 bits per heavy atom. The summed E-state index contributed by atoms with van der Waals surface area (Å²) >= 11 is 0. The van der Waals surface area contributed by atoms with Gasteiger partial charge < -0.3 is 28.4 Å². The second-order valence-corrected chi connectivity index (χ2v) is 13.9. The number of esters is 1. The monoisotopic (exact) mass is 672 g/mol. The molecule has 0 aliphatic carbocycles. The van der Waals surface area contributed by atoms with Crippen LogP contribution in [0, 0.1) is 0 Å². The number of benzene rings is 4. The lowest BCUT2D eigenvalue weighted by molar-refractivity contribution is -0.323. The summed E-state index contributed by atoms with van der Waals surface area (Å²) in [5, 5.41) is -0.0738. The van der Waals surface area contributed by atoms with E-state index in [-0.39, 0.29) is 31.7 Å². The normalized spacial score (nSPS) is 21.5. The van der Waals surface area contributed by atoms with E-state index in [1.54, 1.807) is 0 Å². The third-order valence-electron chi connectivity index (χ3n) is 7.88. The topological polar surface area (TPSA) is 89.5 Å². The quantitative estimate of drug-likeness (QED) is 0.121. The number of rotatable bonds is 16. The molecule has 6 atom stereocenters. The summed E-state index contributed by atoms with van der Waals surface area (Å²) < 4.78 is 51.4. The zero-order chi connectivity index (χ0) is 33.7. The van der Waals surface area contributed by atoms with Gasteiger partial charge in [-0.1, -0.05) is 123 Å². The van der Waals surface area contributed by atoms with Gasteiger partial charge in [-0.3, -0.25) is 9.00 Å². The highest BCUT2D eigenvalue weighted by Crippen LogP contribution is 2.32. The molecule has 5 rings (SSSR count). The second-order valence-electron chi connectivity index (χ2n) is 11.9. The number of hydrogen-bond acceptors (Lipinski definition) is 8. The van der Waals surface area contributed by atoms with Gasteiger partial charge in [0, 0.05) is 17.1 Å². The molecular weight excluding hydrogens is 628 g/mol. The Bertz CT molecular complexity index is 1570. The molecule has 0 amide bonds. The molecule has 1 saturated heterocycles. The fourth-order valence-corrected chi connectivity index (χ4v) is 6.61. The predicted octanol–water partition coefficient (Wildman–Crippen LogP) is 6.76. The van der Waals surface area contributed by atoms with E-state index in [4.69, 9.17) is 28.4 Å². The van der Waals surface area contributed by atoms with Crippen LogP contribution in [-0.2, 0) is 70.4 Å². The maximum atomic E-state index is 13.1. The molecule has 1 fully saturated rings. The summed E-state index contributed by atoms with van der Waals surface area (Å²) in [6.07, 6.45) is -4.11. The van der Waals surface area contributed by atoms with Gasteiger partial charge in [0.2, 0.25) is 0 Å². The summed E-state index contributed by atoms with van der Waals surface area (Å²) in [6.45, 7) is 6.32. The highest BCUT2D eigenvalue weighted by molar-refractivity contribution is 7.85. The van der Waals surface area contributed by atoms with Gasteiger partial charge in [-0.25, -0.2) is 0 Å². The van der Waals surface area contributed by atoms with Crippen molar-refractivity contribution in [3.63, 3.8) is 0 Å². The van der Waals surface area contributed by atoms with E-state index in [1.807, 2.05) is 129 Å². The van der Waals surface area contributed by atoms with Crippen LogP contribution in [0.4, 0.5) is 0 Å². The van der Waals surface area contributed by atoms with E-state index in [9.17, 15) is 9.00 Å². The first-order valence-electron chi connectivity index (χ1n) is 16.2. The molecule has 0 saturated carbocycles. The molecule has 0 aromatic heterocycles. The first kappa shape index (κ1) is 35.6. The number of carbonyl (C=O) groups excluding carboxylic acids is 1. The van der Waals surface area contributed by atoms with Gasteiger partial charge in [0.05, 0.1) is 43.8 Å². The fraction of sp³-hybridized carbons (Fsp3) is 0.359. The van der Waals surface area contributed by atoms with Gasteiger partial charge in [-0.2, -0.15) is 0 Å². The van der Waals surface area contributed by atoms with Crippen LogP contribution in [0.15, 0.2) is 120 Å². The lowest BCUT2D eigenvalue weighted by Gasteiger charge is -2.45. The summed E-state index contributed by atoms with van der Waals surface area (Å²) in [7, 11) is -1.23. The predicted molar refractivity (Wildman–Crippen MR) is 183 cm³/mol. The molecule has 4 aromatic carbocycles. The molecule has 8 nitrogen and oxygen atoms in total. The molecule has 1 aliphatic rings. The minimum absolute atomic E-state index is 0.0738. The Labute approximate surface area is 285 Å². The Morgan fingerprint density at radius 1 is 0.667 bits per heavy atom. The molecule has 0 bridgehead atoms. The van der Waals surface area contributed by atoms with Gasteiger partial charge in [-0.05, 0) is 28.3 Å². The van der Waals surface area contributed by atoms with Crippen molar-refractivity contribution in [2.75, 3.05) is 6.61 Å². The highest BCUT2D eigenvalue weighted by Gasteiger charge is 2.50. The smallest absolute Gasteiger partial charge is 0.303 e. The van der Waals surface area contributed by atoms with Gasteiger partial charge >= 0.3 is 5.97 Å². The lowest BCUT2D eigenvalue weighted by atomic mass is 9.97. The van der Waals surface area contributed by atoms with Crippen LogP contribution < -0.4 is 0 Å². The first-order valence-corrected chi connectivity index (χ1v) is 17.5. The van der Waals surface area contributed by atoms with E-state index < -0.39 is 47.5 Å². The van der Waals surface area contributed by atoms with E-state index in [0.29, 0.717) is 11.5 Å². The first-order chi connectivity index (χ1) is 23.4.